The summed E-state index contributed by atoms with van der Waals surface area (Å²) in [5.41, 5.74) is 0.0142. The Morgan fingerprint density at radius 2 is 1.93 bits per heavy atom. The highest BCUT2D eigenvalue weighted by Crippen LogP contribution is 2.60. The van der Waals surface area contributed by atoms with E-state index in [9.17, 15) is 20.1 Å². The molecule has 2 saturated carbocycles. The summed E-state index contributed by atoms with van der Waals surface area (Å²) >= 11 is 0. The Bertz CT molecular complexity index is 725. The first-order valence-corrected chi connectivity index (χ1v) is 10.6. The minimum Gasteiger partial charge on any atom is -0.496 e. The van der Waals surface area contributed by atoms with Gasteiger partial charge in [0.1, 0.15) is 5.75 Å². The largest absolute Gasteiger partial charge is 0.496 e. The number of ether oxygens (including phenoxy) is 1. The summed E-state index contributed by atoms with van der Waals surface area (Å²) in [5, 5.41) is 34.4. The van der Waals surface area contributed by atoms with Gasteiger partial charge in [0.2, 0.25) is 5.91 Å². The van der Waals surface area contributed by atoms with Gasteiger partial charge in [0, 0.05) is 23.9 Å². The van der Waals surface area contributed by atoms with E-state index in [0.717, 1.165) is 24.2 Å². The fourth-order valence-electron chi connectivity index (χ4n) is 5.92. The summed E-state index contributed by atoms with van der Waals surface area (Å²) in [6.45, 7) is 4.35. The number of methoxy groups -OCH3 is 1. The number of amides is 1. The third-order valence-corrected chi connectivity index (χ3v) is 7.79. The maximum Gasteiger partial charge on any atom is 0.220 e. The molecule has 4 N–H and O–H groups in total. The van der Waals surface area contributed by atoms with E-state index in [1.807, 2.05) is 31.2 Å². The zero-order chi connectivity index (χ0) is 21.2. The first-order valence-electron chi connectivity index (χ1n) is 10.6. The highest BCUT2D eigenvalue weighted by atomic mass is 16.5. The molecule has 1 amide bonds. The Balaban J connectivity index is 1.72. The number of aliphatic hydroxyl groups is 3. The molecule has 0 unspecified atom stereocenters. The van der Waals surface area contributed by atoms with Gasteiger partial charge in [-0.1, -0.05) is 32.0 Å². The summed E-state index contributed by atoms with van der Waals surface area (Å²) in [6.07, 6.45) is 1.80. The lowest BCUT2D eigenvalue weighted by Crippen LogP contribution is -2.60. The predicted molar refractivity (Wildman–Crippen MR) is 110 cm³/mol. The Hall–Kier alpha value is -1.63. The highest BCUT2D eigenvalue weighted by Gasteiger charge is 2.58. The lowest BCUT2D eigenvalue weighted by atomic mass is 9.46. The number of para-hydroxylation sites is 1. The number of carbonyl (C=O) groups excluding carboxylic acids is 1. The maximum atomic E-state index is 12.8. The number of aliphatic hydroxyl groups excluding tert-OH is 3. The van der Waals surface area contributed by atoms with E-state index in [4.69, 9.17) is 4.74 Å². The molecule has 162 valence electrons. The summed E-state index contributed by atoms with van der Waals surface area (Å²) < 4.78 is 5.34. The van der Waals surface area contributed by atoms with Crippen molar-refractivity contribution in [3.05, 3.63) is 29.8 Å². The molecular formula is C23H35NO5. The quantitative estimate of drug-likeness (QED) is 0.582. The molecule has 29 heavy (non-hydrogen) atoms. The topological polar surface area (TPSA) is 99.0 Å². The molecular weight excluding hydrogens is 370 g/mol. The van der Waals surface area contributed by atoms with Gasteiger partial charge in [-0.25, -0.2) is 0 Å². The van der Waals surface area contributed by atoms with Crippen LogP contribution in [0.1, 0.15) is 51.5 Å². The first-order chi connectivity index (χ1) is 13.8. The lowest BCUT2D eigenvalue weighted by molar-refractivity contribution is -0.185. The number of nitrogens with one attached hydrogen (secondary N) is 1. The Morgan fingerprint density at radius 1 is 1.21 bits per heavy atom. The van der Waals surface area contributed by atoms with E-state index < -0.39 is 17.6 Å². The second kappa shape index (κ2) is 8.62. The molecule has 0 heterocycles. The van der Waals surface area contributed by atoms with Crippen molar-refractivity contribution < 1.29 is 24.9 Å². The van der Waals surface area contributed by atoms with E-state index in [-0.39, 0.29) is 36.2 Å². The zero-order valence-corrected chi connectivity index (χ0v) is 17.7. The molecule has 6 atom stereocenters. The normalized spacial score (nSPS) is 36.9. The van der Waals surface area contributed by atoms with Gasteiger partial charge in [-0.3, -0.25) is 4.79 Å². The van der Waals surface area contributed by atoms with Gasteiger partial charge in [-0.15, -0.1) is 0 Å². The van der Waals surface area contributed by atoms with Crippen molar-refractivity contribution in [3.63, 3.8) is 0 Å². The molecule has 0 aromatic heterocycles. The van der Waals surface area contributed by atoms with E-state index in [0.29, 0.717) is 19.4 Å². The smallest absolute Gasteiger partial charge is 0.220 e. The standard InChI is InChI=1S/C23H35NO5/c1-22-11-10-20(27)23(2,14-25)19(22)9-8-17(26)16(22)12-21(28)24-13-15-6-4-5-7-18(15)29-3/h4-7,16-17,19-20,25-27H,8-14H2,1-3H3,(H,24,28)/t16-,17-,19-,20-,22+,23+/m1/s1. The number of rotatable bonds is 6. The van der Waals surface area contributed by atoms with Crippen LogP contribution in [-0.2, 0) is 11.3 Å². The zero-order valence-electron chi connectivity index (χ0n) is 17.7. The third kappa shape index (κ3) is 4.03. The fourth-order valence-corrected chi connectivity index (χ4v) is 5.92. The molecule has 6 heteroatoms. The molecule has 0 aliphatic heterocycles. The van der Waals surface area contributed by atoms with Crippen molar-refractivity contribution in [1.29, 1.82) is 0 Å². The van der Waals surface area contributed by atoms with Gasteiger partial charge in [0.15, 0.2) is 0 Å². The molecule has 1 aromatic carbocycles. The van der Waals surface area contributed by atoms with Crippen molar-refractivity contribution in [2.45, 2.75) is 64.7 Å². The van der Waals surface area contributed by atoms with Crippen molar-refractivity contribution in [3.8, 4) is 5.75 Å². The molecule has 6 nitrogen and oxygen atoms in total. The number of hydrogen-bond donors (Lipinski definition) is 4. The third-order valence-electron chi connectivity index (χ3n) is 7.79. The number of carbonyl (C=O) groups is 1. The van der Waals surface area contributed by atoms with Crippen LogP contribution in [0.5, 0.6) is 5.75 Å². The Morgan fingerprint density at radius 3 is 2.62 bits per heavy atom. The van der Waals surface area contributed by atoms with Crippen molar-refractivity contribution >= 4 is 5.91 Å². The molecule has 2 aliphatic rings. The summed E-state index contributed by atoms with van der Waals surface area (Å²) in [7, 11) is 1.61. The van der Waals surface area contributed by atoms with E-state index in [1.54, 1.807) is 7.11 Å². The van der Waals surface area contributed by atoms with E-state index in [2.05, 4.69) is 12.2 Å². The van der Waals surface area contributed by atoms with Gasteiger partial charge in [0.25, 0.3) is 0 Å². The Labute approximate surface area is 173 Å². The minimum atomic E-state index is -0.598. The number of hydrogen-bond acceptors (Lipinski definition) is 5. The highest BCUT2D eigenvalue weighted by molar-refractivity contribution is 5.76. The number of benzene rings is 1. The molecule has 0 spiro atoms. The van der Waals surface area contributed by atoms with Crippen LogP contribution >= 0.6 is 0 Å². The van der Waals surface area contributed by atoms with Gasteiger partial charge >= 0.3 is 0 Å². The van der Waals surface area contributed by atoms with Gasteiger partial charge in [-0.2, -0.15) is 0 Å². The lowest BCUT2D eigenvalue weighted by Gasteiger charge is -2.60. The van der Waals surface area contributed by atoms with Crippen LogP contribution < -0.4 is 10.1 Å². The van der Waals surface area contributed by atoms with E-state index >= 15 is 0 Å². The van der Waals surface area contributed by atoms with Crippen LogP contribution in [0, 0.1) is 22.7 Å². The average Bonchev–Trinajstić information content (AvgIpc) is 2.72. The first kappa shape index (κ1) is 22.1. The van der Waals surface area contributed by atoms with Crippen molar-refractivity contribution in [1.82, 2.24) is 5.32 Å². The summed E-state index contributed by atoms with van der Waals surface area (Å²) in [6, 6.07) is 7.57. The molecule has 1 aromatic rings. The SMILES string of the molecule is COc1ccccc1CNC(=O)C[C@@H]1[C@H](O)CC[C@H]2[C@](C)(CO)[C@H](O)CC[C@]21C. The van der Waals surface area contributed by atoms with Gasteiger partial charge in [-0.05, 0) is 49.0 Å². The Kier molecular flexibility index (Phi) is 6.56. The second-order valence-electron chi connectivity index (χ2n) is 9.32. The molecule has 3 rings (SSSR count). The van der Waals surface area contributed by atoms with Crippen LogP contribution in [0.15, 0.2) is 24.3 Å². The fraction of sp³-hybridized carbons (Fsp3) is 0.696. The van der Waals surface area contributed by atoms with Crippen LogP contribution in [0.2, 0.25) is 0 Å². The molecule has 2 aliphatic carbocycles. The monoisotopic (exact) mass is 405 g/mol. The second-order valence-corrected chi connectivity index (χ2v) is 9.32. The number of fused-ring (bicyclic) bond motifs is 1. The molecule has 2 fully saturated rings. The van der Waals surface area contributed by atoms with Gasteiger partial charge in [0.05, 0.1) is 25.9 Å². The molecule has 0 radical (unpaired) electrons. The summed E-state index contributed by atoms with van der Waals surface area (Å²) in [5.74, 6) is 0.507. The minimum absolute atomic E-state index is 0.0687. The van der Waals surface area contributed by atoms with Crippen LogP contribution in [0.4, 0.5) is 0 Å². The average molecular weight is 406 g/mol. The maximum absolute atomic E-state index is 12.8. The van der Waals surface area contributed by atoms with E-state index in [1.165, 1.54) is 0 Å². The van der Waals surface area contributed by atoms with Crippen LogP contribution in [-0.4, -0.2) is 47.2 Å². The van der Waals surface area contributed by atoms with Crippen molar-refractivity contribution in [2.75, 3.05) is 13.7 Å². The van der Waals surface area contributed by atoms with Crippen LogP contribution in [0.3, 0.4) is 0 Å². The van der Waals surface area contributed by atoms with Crippen molar-refractivity contribution in [2.24, 2.45) is 22.7 Å². The molecule has 0 bridgehead atoms. The van der Waals surface area contributed by atoms with Gasteiger partial charge < -0.3 is 25.4 Å². The predicted octanol–water partition coefficient (Wildman–Crippen LogP) is 2.25. The molecule has 0 saturated heterocycles. The summed E-state index contributed by atoms with van der Waals surface area (Å²) in [4.78, 5) is 12.8. The van der Waals surface area contributed by atoms with Crippen LogP contribution in [0.25, 0.3) is 0 Å².